The number of anilines is 1. The van der Waals surface area contributed by atoms with E-state index < -0.39 is 0 Å². The molecule has 0 aromatic carbocycles. The fraction of sp³-hybridized carbons (Fsp3) is 0.667. The van der Waals surface area contributed by atoms with Crippen LogP contribution in [0.3, 0.4) is 0 Å². The van der Waals surface area contributed by atoms with Crippen molar-refractivity contribution in [1.29, 1.82) is 0 Å². The van der Waals surface area contributed by atoms with Crippen molar-refractivity contribution in [2.75, 3.05) is 18.0 Å². The lowest BCUT2D eigenvalue weighted by Gasteiger charge is -2.31. The average molecular weight is 236 g/mol. The summed E-state index contributed by atoms with van der Waals surface area (Å²) >= 11 is 0. The molecule has 5 nitrogen and oxygen atoms in total. The summed E-state index contributed by atoms with van der Waals surface area (Å²) in [7, 11) is 0. The smallest absolute Gasteiger partial charge is 0.293 e. The van der Waals surface area contributed by atoms with E-state index in [2.05, 4.69) is 11.9 Å². The first-order chi connectivity index (χ1) is 8.22. The SMILES string of the molecule is CCCn1ccnc(N2CCCC(N)C2)c1=O. The summed E-state index contributed by atoms with van der Waals surface area (Å²) in [4.78, 5) is 18.4. The molecule has 5 heteroatoms. The standard InChI is InChI=1S/C12H20N4O/c1-2-6-15-8-5-14-11(12(15)17)16-7-3-4-10(13)9-16/h5,8,10H,2-4,6-7,9,13H2,1H3. The number of hydrogen-bond donors (Lipinski definition) is 1. The molecular formula is C12H20N4O. The first-order valence-corrected chi connectivity index (χ1v) is 6.28. The number of rotatable bonds is 3. The molecule has 1 unspecified atom stereocenters. The molecule has 0 spiro atoms. The normalized spacial score (nSPS) is 20.6. The van der Waals surface area contributed by atoms with Crippen LogP contribution in [-0.4, -0.2) is 28.7 Å². The molecule has 1 saturated heterocycles. The average Bonchev–Trinajstić information content (AvgIpc) is 2.32. The van der Waals surface area contributed by atoms with Crippen LogP contribution in [0.1, 0.15) is 26.2 Å². The fourth-order valence-corrected chi connectivity index (χ4v) is 2.27. The number of piperidine rings is 1. The maximum absolute atomic E-state index is 12.2. The zero-order chi connectivity index (χ0) is 12.3. The highest BCUT2D eigenvalue weighted by Crippen LogP contribution is 2.13. The predicted octanol–water partition coefficient (Wildman–Crippen LogP) is 0.581. The second kappa shape index (κ2) is 5.31. The quantitative estimate of drug-likeness (QED) is 0.834. The van der Waals surface area contributed by atoms with Crippen LogP contribution in [0.25, 0.3) is 0 Å². The van der Waals surface area contributed by atoms with Crippen LogP contribution in [0.15, 0.2) is 17.2 Å². The summed E-state index contributed by atoms with van der Waals surface area (Å²) in [6, 6.07) is 0.157. The maximum atomic E-state index is 12.2. The zero-order valence-electron chi connectivity index (χ0n) is 10.3. The Morgan fingerprint density at radius 3 is 3.12 bits per heavy atom. The van der Waals surface area contributed by atoms with Crippen molar-refractivity contribution >= 4 is 5.82 Å². The molecule has 17 heavy (non-hydrogen) atoms. The number of aryl methyl sites for hydroxylation is 1. The molecule has 1 aliphatic rings. The number of hydrogen-bond acceptors (Lipinski definition) is 4. The summed E-state index contributed by atoms with van der Waals surface area (Å²) < 4.78 is 1.72. The van der Waals surface area contributed by atoms with Gasteiger partial charge >= 0.3 is 0 Å². The lowest BCUT2D eigenvalue weighted by atomic mass is 10.1. The van der Waals surface area contributed by atoms with E-state index in [-0.39, 0.29) is 11.6 Å². The van der Waals surface area contributed by atoms with E-state index in [4.69, 9.17) is 5.73 Å². The lowest BCUT2D eigenvalue weighted by Crippen LogP contribution is -2.45. The van der Waals surface area contributed by atoms with E-state index >= 15 is 0 Å². The largest absolute Gasteiger partial charge is 0.350 e. The van der Waals surface area contributed by atoms with E-state index in [1.165, 1.54) is 0 Å². The van der Waals surface area contributed by atoms with Gasteiger partial charge in [-0.3, -0.25) is 4.79 Å². The van der Waals surface area contributed by atoms with Crippen molar-refractivity contribution < 1.29 is 0 Å². The van der Waals surface area contributed by atoms with Gasteiger partial charge in [0.15, 0.2) is 5.82 Å². The van der Waals surface area contributed by atoms with E-state index in [1.807, 2.05) is 4.90 Å². The first kappa shape index (κ1) is 12.1. The molecule has 2 N–H and O–H groups in total. The maximum Gasteiger partial charge on any atom is 0.293 e. The zero-order valence-corrected chi connectivity index (χ0v) is 10.3. The van der Waals surface area contributed by atoms with Crippen molar-refractivity contribution in [3.8, 4) is 0 Å². The molecule has 1 atom stereocenters. The van der Waals surface area contributed by atoms with Gasteiger partial charge in [0.25, 0.3) is 5.56 Å². The fourth-order valence-electron chi connectivity index (χ4n) is 2.27. The number of nitrogens with zero attached hydrogens (tertiary/aromatic N) is 3. The van der Waals surface area contributed by atoms with Crippen LogP contribution in [0, 0.1) is 0 Å². The summed E-state index contributed by atoms with van der Waals surface area (Å²) in [6.07, 6.45) is 6.46. The van der Waals surface area contributed by atoms with Gasteiger partial charge in [0.1, 0.15) is 0 Å². The van der Waals surface area contributed by atoms with E-state index in [1.54, 1.807) is 17.0 Å². The molecule has 0 aliphatic carbocycles. The Balaban J connectivity index is 2.25. The van der Waals surface area contributed by atoms with Crippen molar-refractivity contribution in [1.82, 2.24) is 9.55 Å². The Bertz CT molecular complexity index is 429. The molecule has 0 amide bonds. The Morgan fingerprint density at radius 2 is 2.41 bits per heavy atom. The van der Waals surface area contributed by atoms with Gasteiger partial charge in [-0.1, -0.05) is 6.92 Å². The molecule has 94 valence electrons. The molecule has 0 saturated carbocycles. The van der Waals surface area contributed by atoms with Crippen molar-refractivity contribution in [2.24, 2.45) is 5.73 Å². The van der Waals surface area contributed by atoms with Crippen LogP contribution in [-0.2, 0) is 6.54 Å². The van der Waals surface area contributed by atoms with Gasteiger partial charge in [-0.2, -0.15) is 0 Å². The van der Waals surface area contributed by atoms with Gasteiger partial charge in [0.05, 0.1) is 0 Å². The Morgan fingerprint density at radius 1 is 1.59 bits per heavy atom. The highest BCUT2D eigenvalue weighted by atomic mass is 16.1. The van der Waals surface area contributed by atoms with Gasteiger partial charge in [-0.05, 0) is 19.3 Å². The van der Waals surface area contributed by atoms with Crippen LogP contribution in [0.4, 0.5) is 5.82 Å². The summed E-state index contributed by atoms with van der Waals surface area (Å²) in [5.41, 5.74) is 5.93. The lowest BCUT2D eigenvalue weighted by molar-refractivity contribution is 0.499. The van der Waals surface area contributed by atoms with Gasteiger partial charge in [0, 0.05) is 38.1 Å². The molecule has 1 fully saturated rings. The van der Waals surface area contributed by atoms with Crippen LogP contribution in [0.2, 0.25) is 0 Å². The first-order valence-electron chi connectivity index (χ1n) is 6.28. The minimum atomic E-state index is 0.00319. The predicted molar refractivity (Wildman–Crippen MR) is 68.2 cm³/mol. The Hall–Kier alpha value is -1.36. The number of nitrogens with two attached hydrogens (primary N) is 1. The van der Waals surface area contributed by atoms with Gasteiger partial charge in [0.2, 0.25) is 0 Å². The second-order valence-corrected chi connectivity index (χ2v) is 4.60. The van der Waals surface area contributed by atoms with Crippen LogP contribution < -0.4 is 16.2 Å². The Kier molecular flexibility index (Phi) is 3.78. The van der Waals surface area contributed by atoms with Gasteiger partial charge in [-0.15, -0.1) is 0 Å². The van der Waals surface area contributed by atoms with Crippen molar-refractivity contribution in [2.45, 2.75) is 38.8 Å². The Labute approximate surface area is 101 Å². The van der Waals surface area contributed by atoms with Crippen molar-refractivity contribution in [3.05, 3.63) is 22.7 Å². The van der Waals surface area contributed by atoms with E-state index in [0.717, 1.165) is 38.9 Å². The summed E-state index contributed by atoms with van der Waals surface area (Å²) in [5.74, 6) is 0.552. The molecule has 1 aromatic rings. The third-order valence-corrected chi connectivity index (χ3v) is 3.12. The monoisotopic (exact) mass is 236 g/mol. The highest BCUT2D eigenvalue weighted by molar-refractivity contribution is 5.36. The second-order valence-electron chi connectivity index (χ2n) is 4.60. The molecular weight excluding hydrogens is 216 g/mol. The summed E-state index contributed by atoms with van der Waals surface area (Å²) in [6.45, 7) is 4.42. The van der Waals surface area contributed by atoms with E-state index in [0.29, 0.717) is 5.82 Å². The van der Waals surface area contributed by atoms with Crippen LogP contribution in [0.5, 0.6) is 0 Å². The molecule has 1 aromatic heterocycles. The summed E-state index contributed by atoms with van der Waals surface area (Å²) in [5, 5.41) is 0. The molecule has 2 heterocycles. The topological polar surface area (TPSA) is 64.2 Å². The minimum Gasteiger partial charge on any atom is -0.350 e. The third-order valence-electron chi connectivity index (χ3n) is 3.12. The van der Waals surface area contributed by atoms with Crippen molar-refractivity contribution in [3.63, 3.8) is 0 Å². The van der Waals surface area contributed by atoms with E-state index in [9.17, 15) is 4.79 Å². The molecule has 2 rings (SSSR count). The van der Waals surface area contributed by atoms with Crippen LogP contribution >= 0.6 is 0 Å². The minimum absolute atomic E-state index is 0.00319. The molecule has 1 aliphatic heterocycles. The molecule has 0 bridgehead atoms. The van der Waals surface area contributed by atoms with Gasteiger partial charge < -0.3 is 15.2 Å². The highest BCUT2D eigenvalue weighted by Gasteiger charge is 2.20. The third kappa shape index (κ3) is 2.66. The van der Waals surface area contributed by atoms with Gasteiger partial charge in [-0.25, -0.2) is 4.98 Å². The number of aromatic nitrogens is 2. The molecule has 0 radical (unpaired) electrons.